The molecule has 0 saturated heterocycles. The molecular formula is C13H14ClN3O2S. The Hall–Kier alpha value is -1.79. The number of benzene rings is 1. The van der Waals surface area contributed by atoms with Crippen LogP contribution in [0.1, 0.15) is 11.1 Å². The van der Waals surface area contributed by atoms with Gasteiger partial charge in [0.1, 0.15) is 10.0 Å². The van der Waals surface area contributed by atoms with Crippen LogP contribution in [0.5, 0.6) is 0 Å². The van der Waals surface area contributed by atoms with Gasteiger partial charge < -0.3 is 5.73 Å². The molecule has 1 aromatic heterocycles. The number of aryl methyl sites for hydroxylation is 2. The van der Waals surface area contributed by atoms with Gasteiger partial charge in [-0.05, 0) is 43.2 Å². The second-order valence-electron chi connectivity index (χ2n) is 4.48. The highest BCUT2D eigenvalue weighted by atomic mass is 35.5. The van der Waals surface area contributed by atoms with Crippen molar-refractivity contribution in [2.24, 2.45) is 0 Å². The summed E-state index contributed by atoms with van der Waals surface area (Å²) < 4.78 is 27.0. The normalized spacial score (nSPS) is 11.3. The van der Waals surface area contributed by atoms with Gasteiger partial charge in [0.15, 0.2) is 0 Å². The fraction of sp³-hybridized carbons (Fsp3) is 0.154. The van der Waals surface area contributed by atoms with Crippen molar-refractivity contribution in [3.05, 3.63) is 46.7 Å². The number of aromatic nitrogens is 1. The van der Waals surface area contributed by atoms with E-state index in [0.29, 0.717) is 16.4 Å². The topological polar surface area (TPSA) is 85.1 Å². The molecule has 1 aromatic carbocycles. The molecule has 0 unspecified atom stereocenters. The number of hydrogen-bond acceptors (Lipinski definition) is 4. The number of sulfonamides is 1. The van der Waals surface area contributed by atoms with Crippen LogP contribution in [0.25, 0.3) is 0 Å². The lowest BCUT2D eigenvalue weighted by atomic mass is 10.2. The highest BCUT2D eigenvalue weighted by Crippen LogP contribution is 2.23. The molecule has 0 radical (unpaired) electrons. The van der Waals surface area contributed by atoms with Crippen molar-refractivity contribution >= 4 is 33.0 Å². The van der Waals surface area contributed by atoms with Crippen molar-refractivity contribution in [1.29, 1.82) is 0 Å². The summed E-state index contributed by atoms with van der Waals surface area (Å²) in [4.78, 5) is 3.94. The second-order valence-corrected chi connectivity index (χ2v) is 6.49. The van der Waals surface area contributed by atoms with Crippen LogP contribution in [-0.4, -0.2) is 13.4 Å². The highest BCUT2D eigenvalue weighted by Gasteiger charge is 2.18. The first-order valence-corrected chi connectivity index (χ1v) is 7.67. The Kier molecular flexibility index (Phi) is 3.87. The number of rotatable bonds is 3. The van der Waals surface area contributed by atoms with Gasteiger partial charge in [0.25, 0.3) is 10.0 Å². The van der Waals surface area contributed by atoms with Crippen LogP contribution < -0.4 is 10.5 Å². The van der Waals surface area contributed by atoms with Gasteiger partial charge in [-0.3, -0.25) is 4.72 Å². The van der Waals surface area contributed by atoms with Crippen molar-refractivity contribution in [1.82, 2.24) is 4.98 Å². The number of pyridine rings is 1. The molecule has 20 heavy (non-hydrogen) atoms. The minimum absolute atomic E-state index is 0.0377. The SMILES string of the molecule is Cc1ccc(S(=O)(=O)Nc2cnc(Cl)c(C)c2)c(N)c1. The van der Waals surface area contributed by atoms with E-state index in [4.69, 9.17) is 17.3 Å². The zero-order valence-corrected chi connectivity index (χ0v) is 12.6. The van der Waals surface area contributed by atoms with E-state index in [1.165, 1.54) is 12.3 Å². The predicted octanol–water partition coefficient (Wildman–Crippen LogP) is 2.73. The summed E-state index contributed by atoms with van der Waals surface area (Å²) in [7, 11) is -3.75. The second kappa shape index (κ2) is 5.30. The lowest BCUT2D eigenvalue weighted by Gasteiger charge is -2.11. The molecule has 0 amide bonds. The molecule has 106 valence electrons. The van der Waals surface area contributed by atoms with Gasteiger partial charge in [-0.2, -0.15) is 0 Å². The van der Waals surface area contributed by atoms with Crippen LogP contribution >= 0.6 is 11.6 Å². The maximum Gasteiger partial charge on any atom is 0.263 e. The molecule has 0 atom stereocenters. The van der Waals surface area contributed by atoms with Crippen LogP contribution in [0.3, 0.4) is 0 Å². The smallest absolute Gasteiger partial charge is 0.263 e. The van der Waals surface area contributed by atoms with Crippen molar-refractivity contribution < 1.29 is 8.42 Å². The number of halogens is 1. The van der Waals surface area contributed by atoms with Crippen molar-refractivity contribution in [2.45, 2.75) is 18.7 Å². The molecule has 0 aliphatic heterocycles. The summed E-state index contributed by atoms with van der Waals surface area (Å²) >= 11 is 5.80. The highest BCUT2D eigenvalue weighted by molar-refractivity contribution is 7.92. The summed E-state index contributed by atoms with van der Waals surface area (Å²) in [6.07, 6.45) is 1.36. The third-order valence-corrected chi connectivity index (χ3v) is 4.57. The molecule has 3 N–H and O–H groups in total. The van der Waals surface area contributed by atoms with E-state index in [1.54, 1.807) is 25.1 Å². The largest absolute Gasteiger partial charge is 0.398 e. The van der Waals surface area contributed by atoms with Gasteiger partial charge in [-0.15, -0.1) is 0 Å². The van der Waals surface area contributed by atoms with E-state index in [1.807, 2.05) is 6.92 Å². The van der Waals surface area contributed by atoms with Crippen LogP contribution in [0.15, 0.2) is 35.4 Å². The Morgan fingerprint density at radius 1 is 1.25 bits per heavy atom. The summed E-state index contributed by atoms with van der Waals surface area (Å²) in [6.45, 7) is 3.58. The number of nitrogens with zero attached hydrogens (tertiary/aromatic N) is 1. The van der Waals surface area contributed by atoms with E-state index in [-0.39, 0.29) is 10.6 Å². The first-order chi connectivity index (χ1) is 9.29. The summed E-state index contributed by atoms with van der Waals surface area (Å²) in [6, 6.07) is 6.39. The van der Waals surface area contributed by atoms with Gasteiger partial charge in [0.05, 0.1) is 17.6 Å². The van der Waals surface area contributed by atoms with Gasteiger partial charge >= 0.3 is 0 Å². The van der Waals surface area contributed by atoms with E-state index < -0.39 is 10.0 Å². The van der Waals surface area contributed by atoms with Crippen LogP contribution in [0.2, 0.25) is 5.15 Å². The Bertz CT molecular complexity index is 760. The Morgan fingerprint density at radius 3 is 2.55 bits per heavy atom. The first-order valence-electron chi connectivity index (χ1n) is 5.81. The molecule has 0 aliphatic rings. The summed E-state index contributed by atoms with van der Waals surface area (Å²) in [5.74, 6) is 0. The van der Waals surface area contributed by atoms with Gasteiger partial charge in [-0.1, -0.05) is 17.7 Å². The maximum atomic E-state index is 12.3. The van der Waals surface area contributed by atoms with Crippen LogP contribution in [0, 0.1) is 13.8 Å². The predicted molar refractivity (Wildman–Crippen MR) is 80.4 cm³/mol. The molecule has 0 bridgehead atoms. The van der Waals surface area contributed by atoms with Crippen LogP contribution in [-0.2, 0) is 10.0 Å². The molecule has 0 saturated carbocycles. The van der Waals surface area contributed by atoms with Gasteiger partial charge in [-0.25, -0.2) is 13.4 Å². The van der Waals surface area contributed by atoms with Crippen molar-refractivity contribution in [3.63, 3.8) is 0 Å². The molecular weight excluding hydrogens is 298 g/mol. The van der Waals surface area contributed by atoms with E-state index in [0.717, 1.165) is 5.56 Å². The molecule has 7 heteroatoms. The average Bonchev–Trinajstić information content (AvgIpc) is 2.33. The van der Waals surface area contributed by atoms with E-state index >= 15 is 0 Å². The van der Waals surface area contributed by atoms with E-state index in [2.05, 4.69) is 9.71 Å². The zero-order valence-electron chi connectivity index (χ0n) is 11.0. The number of nitrogens with one attached hydrogen (secondary N) is 1. The van der Waals surface area contributed by atoms with Gasteiger partial charge in [0, 0.05) is 0 Å². The fourth-order valence-electron chi connectivity index (χ4n) is 1.74. The van der Waals surface area contributed by atoms with Crippen LogP contribution in [0.4, 0.5) is 11.4 Å². The van der Waals surface area contributed by atoms with E-state index in [9.17, 15) is 8.42 Å². The minimum Gasteiger partial charge on any atom is -0.398 e. The maximum absolute atomic E-state index is 12.3. The summed E-state index contributed by atoms with van der Waals surface area (Å²) in [5, 5.41) is 0.336. The molecule has 0 fully saturated rings. The standard InChI is InChI=1S/C13H14ClN3O2S/c1-8-3-4-12(11(15)5-8)20(18,19)17-10-6-9(2)13(14)16-7-10/h3-7,17H,15H2,1-2H3. The fourth-order valence-corrected chi connectivity index (χ4v) is 2.99. The lowest BCUT2D eigenvalue weighted by molar-refractivity contribution is 0.601. The molecule has 2 aromatic rings. The van der Waals surface area contributed by atoms with Crippen molar-refractivity contribution in [2.75, 3.05) is 10.5 Å². The third kappa shape index (κ3) is 3.02. The third-order valence-electron chi connectivity index (χ3n) is 2.72. The Labute approximate surface area is 122 Å². The Morgan fingerprint density at radius 2 is 1.95 bits per heavy atom. The zero-order chi connectivity index (χ0) is 14.9. The molecule has 1 heterocycles. The number of anilines is 2. The lowest BCUT2D eigenvalue weighted by Crippen LogP contribution is -2.15. The molecule has 5 nitrogen and oxygen atoms in total. The number of nitrogens with two attached hydrogens (primary N) is 1. The average molecular weight is 312 g/mol. The minimum atomic E-state index is -3.75. The Balaban J connectivity index is 2.38. The molecule has 2 rings (SSSR count). The van der Waals surface area contributed by atoms with Gasteiger partial charge in [0.2, 0.25) is 0 Å². The van der Waals surface area contributed by atoms with Crippen molar-refractivity contribution in [3.8, 4) is 0 Å². The molecule has 0 aliphatic carbocycles. The quantitative estimate of drug-likeness (QED) is 0.674. The number of nitrogen functional groups attached to an aromatic ring is 1. The number of hydrogen-bond donors (Lipinski definition) is 2. The summed E-state index contributed by atoms with van der Waals surface area (Å²) in [5.41, 5.74) is 7.88. The monoisotopic (exact) mass is 311 g/mol. The first kappa shape index (κ1) is 14.6. The molecule has 0 spiro atoms.